The predicted molar refractivity (Wildman–Crippen MR) is 104 cm³/mol. The third kappa shape index (κ3) is 9.42. The first kappa shape index (κ1) is 19.5. The van der Waals surface area contributed by atoms with Crippen LogP contribution in [0.3, 0.4) is 0 Å². The standard InChI is InChI=1S/C15H34IPS/c1-5-8-11-17(4,16,12-9-6-2)13-15-18-14-10-7-3/h5-15H2,1-4H3. The predicted octanol–water partition coefficient (Wildman–Crippen LogP) is 6.65. The molecule has 0 aliphatic heterocycles. The van der Waals surface area contributed by atoms with Gasteiger partial charge in [0.15, 0.2) is 0 Å². The van der Waals surface area contributed by atoms with Crippen LogP contribution in [0, 0.1) is 0 Å². The summed E-state index contributed by atoms with van der Waals surface area (Å²) in [5, 5.41) is 0. The molecule has 0 saturated heterocycles. The number of halogens is 1. The molecule has 0 saturated carbocycles. The summed E-state index contributed by atoms with van der Waals surface area (Å²) in [5.41, 5.74) is 0. The summed E-state index contributed by atoms with van der Waals surface area (Å²) in [5.74, 6) is 2.78. The van der Waals surface area contributed by atoms with E-state index < -0.39 is 4.25 Å². The zero-order valence-electron chi connectivity index (χ0n) is 13.0. The minimum absolute atomic E-state index is 1.35. The molecule has 0 aromatic rings. The van der Waals surface area contributed by atoms with Gasteiger partial charge in [0.2, 0.25) is 0 Å². The summed E-state index contributed by atoms with van der Waals surface area (Å²) in [7, 11) is 0. The maximum absolute atomic E-state index is 2.93. The fourth-order valence-corrected chi connectivity index (χ4v) is 12.3. The first-order chi connectivity index (χ1) is 8.46. The Labute approximate surface area is 133 Å². The van der Waals surface area contributed by atoms with E-state index in [1.54, 1.807) is 0 Å². The minimum atomic E-state index is -1.38. The normalized spacial score (nSPS) is 14.4. The number of hydrogen-bond acceptors (Lipinski definition) is 1. The van der Waals surface area contributed by atoms with E-state index in [-0.39, 0.29) is 0 Å². The molecule has 0 amide bonds. The Morgan fingerprint density at radius 2 is 1.28 bits per heavy atom. The van der Waals surface area contributed by atoms with Crippen molar-refractivity contribution in [1.29, 1.82) is 0 Å². The van der Waals surface area contributed by atoms with Crippen LogP contribution in [-0.2, 0) is 0 Å². The Kier molecular flexibility index (Phi) is 11.1. The summed E-state index contributed by atoms with van der Waals surface area (Å²) in [6, 6.07) is 0. The molecule has 0 unspecified atom stereocenters. The van der Waals surface area contributed by atoms with Crippen LogP contribution in [0.15, 0.2) is 0 Å². The number of thioether (sulfide) groups is 1. The van der Waals surface area contributed by atoms with E-state index in [1.807, 2.05) is 0 Å². The van der Waals surface area contributed by atoms with Gasteiger partial charge in [-0.15, -0.1) is 0 Å². The Bertz CT molecular complexity index is 195. The van der Waals surface area contributed by atoms with Crippen molar-refractivity contribution in [3.63, 3.8) is 0 Å². The SMILES string of the molecule is CCCCSCCP(C)(I)(CCCC)CCCC. The molecule has 0 rings (SSSR count). The van der Waals surface area contributed by atoms with Gasteiger partial charge in [0.05, 0.1) is 0 Å². The summed E-state index contributed by atoms with van der Waals surface area (Å²) in [4.78, 5) is 0. The zero-order valence-corrected chi connectivity index (χ0v) is 16.9. The second kappa shape index (κ2) is 10.3. The van der Waals surface area contributed by atoms with E-state index in [0.29, 0.717) is 0 Å². The molecule has 18 heavy (non-hydrogen) atoms. The van der Waals surface area contributed by atoms with Crippen LogP contribution in [0.4, 0.5) is 0 Å². The van der Waals surface area contributed by atoms with Gasteiger partial charge in [-0.2, -0.15) is 0 Å². The fraction of sp³-hybridized carbons (Fsp3) is 1.00. The van der Waals surface area contributed by atoms with Gasteiger partial charge >= 0.3 is 134 Å². The van der Waals surface area contributed by atoms with Crippen molar-refractivity contribution < 1.29 is 0 Å². The molecule has 0 spiro atoms. The van der Waals surface area contributed by atoms with Gasteiger partial charge < -0.3 is 0 Å². The molecule has 0 nitrogen and oxygen atoms in total. The summed E-state index contributed by atoms with van der Waals surface area (Å²) >= 11 is 5.13. The zero-order chi connectivity index (χ0) is 13.9. The Balaban J connectivity index is 4.18. The second-order valence-electron chi connectivity index (χ2n) is 5.99. The van der Waals surface area contributed by atoms with E-state index in [0.717, 1.165) is 0 Å². The van der Waals surface area contributed by atoms with Crippen molar-refractivity contribution in [2.75, 3.05) is 36.7 Å². The van der Waals surface area contributed by atoms with Gasteiger partial charge in [-0.1, -0.05) is 0 Å². The Morgan fingerprint density at radius 3 is 1.72 bits per heavy atom. The topological polar surface area (TPSA) is 0 Å². The van der Waals surface area contributed by atoms with E-state index in [9.17, 15) is 0 Å². The van der Waals surface area contributed by atoms with Crippen LogP contribution in [0.2, 0.25) is 0 Å². The molecule has 0 aromatic carbocycles. The summed E-state index contributed by atoms with van der Waals surface area (Å²) in [6.07, 6.45) is 12.9. The third-order valence-corrected chi connectivity index (χ3v) is 14.1. The molecule has 0 fully saturated rings. The van der Waals surface area contributed by atoms with Gasteiger partial charge in [-0.05, 0) is 0 Å². The van der Waals surface area contributed by atoms with Gasteiger partial charge in [0.1, 0.15) is 0 Å². The number of unbranched alkanes of at least 4 members (excludes halogenated alkanes) is 3. The third-order valence-electron chi connectivity index (χ3n) is 3.77. The van der Waals surface area contributed by atoms with Crippen LogP contribution in [0.5, 0.6) is 0 Å². The maximum atomic E-state index is 2.93. The monoisotopic (exact) mass is 404 g/mol. The van der Waals surface area contributed by atoms with E-state index in [4.69, 9.17) is 0 Å². The second-order valence-corrected chi connectivity index (χ2v) is 21.9. The molecule has 0 radical (unpaired) electrons. The van der Waals surface area contributed by atoms with Crippen molar-refractivity contribution in [2.24, 2.45) is 0 Å². The first-order valence-corrected chi connectivity index (χ1v) is 14.9. The molecule has 0 aromatic heterocycles. The molecule has 0 aliphatic carbocycles. The van der Waals surface area contributed by atoms with E-state index in [2.05, 4.69) is 61.2 Å². The fourth-order valence-electron chi connectivity index (χ4n) is 2.20. The van der Waals surface area contributed by atoms with Gasteiger partial charge in [0, 0.05) is 0 Å². The van der Waals surface area contributed by atoms with Crippen LogP contribution in [0.1, 0.15) is 59.3 Å². The van der Waals surface area contributed by atoms with E-state index >= 15 is 0 Å². The molecule has 112 valence electrons. The summed E-state index contributed by atoms with van der Waals surface area (Å²) in [6.45, 7) is 9.63. The van der Waals surface area contributed by atoms with Crippen molar-refractivity contribution in [3.8, 4) is 0 Å². The Morgan fingerprint density at radius 1 is 0.778 bits per heavy atom. The molecule has 3 heteroatoms. The molecule has 0 bridgehead atoms. The molecule has 0 N–H and O–H groups in total. The van der Waals surface area contributed by atoms with Gasteiger partial charge in [-0.3, -0.25) is 0 Å². The van der Waals surface area contributed by atoms with Crippen molar-refractivity contribution in [1.82, 2.24) is 0 Å². The van der Waals surface area contributed by atoms with Gasteiger partial charge in [-0.25, -0.2) is 0 Å². The number of hydrogen-bond donors (Lipinski definition) is 0. The molecule has 0 heterocycles. The average molecular weight is 404 g/mol. The Hall–Kier alpha value is 1.51. The van der Waals surface area contributed by atoms with Crippen molar-refractivity contribution in [3.05, 3.63) is 0 Å². The van der Waals surface area contributed by atoms with Crippen LogP contribution < -0.4 is 0 Å². The molecule has 0 aliphatic rings. The van der Waals surface area contributed by atoms with Crippen molar-refractivity contribution in [2.45, 2.75) is 59.3 Å². The van der Waals surface area contributed by atoms with E-state index in [1.165, 1.54) is 68.5 Å². The number of rotatable bonds is 12. The van der Waals surface area contributed by atoms with Gasteiger partial charge in [0.25, 0.3) is 0 Å². The molecule has 0 atom stereocenters. The van der Waals surface area contributed by atoms with Crippen LogP contribution in [0.25, 0.3) is 0 Å². The molecular weight excluding hydrogens is 370 g/mol. The quantitative estimate of drug-likeness (QED) is 0.199. The first-order valence-electron chi connectivity index (χ1n) is 7.76. The van der Waals surface area contributed by atoms with Crippen LogP contribution >= 0.6 is 38.0 Å². The van der Waals surface area contributed by atoms with Crippen LogP contribution in [-0.4, -0.2) is 36.7 Å². The average Bonchev–Trinajstić information content (AvgIpc) is 2.35. The summed E-state index contributed by atoms with van der Waals surface area (Å²) < 4.78 is -1.38. The van der Waals surface area contributed by atoms with Crippen molar-refractivity contribution >= 4 is 38.0 Å². The molecular formula is C15H34IPS.